The summed E-state index contributed by atoms with van der Waals surface area (Å²) in [6.45, 7) is 7.99. The molecule has 1 aromatic carbocycles. The van der Waals surface area contributed by atoms with E-state index in [1.807, 2.05) is 0 Å². The summed E-state index contributed by atoms with van der Waals surface area (Å²) in [5.74, 6) is -0.110. The van der Waals surface area contributed by atoms with Crippen LogP contribution in [0.25, 0.3) is 0 Å². The lowest BCUT2D eigenvalue weighted by Crippen LogP contribution is -2.50. The number of ether oxygens (including phenoxy) is 1. The van der Waals surface area contributed by atoms with Gasteiger partial charge in [0.1, 0.15) is 6.26 Å². The molecule has 2 aliphatic rings. The first-order chi connectivity index (χ1) is 17.3. The Kier molecular flexibility index (Phi) is 8.96. The Hall–Kier alpha value is -2.51. The van der Waals surface area contributed by atoms with E-state index in [0.29, 0.717) is 44.3 Å². The number of hydrogen-bond acceptors (Lipinski definition) is 8. The van der Waals surface area contributed by atoms with E-state index < -0.39 is 23.8 Å². The van der Waals surface area contributed by atoms with Crippen LogP contribution in [0, 0.1) is 0 Å². The predicted octanol–water partition coefficient (Wildman–Crippen LogP) is 1.43. The molecule has 0 unspecified atom stereocenters. The van der Waals surface area contributed by atoms with Gasteiger partial charge in [-0.25, -0.2) is 4.98 Å². The Morgan fingerprint density at radius 1 is 1.06 bits per heavy atom. The second-order valence-electron chi connectivity index (χ2n) is 9.15. The first-order valence-electron chi connectivity index (χ1n) is 12.1. The number of aliphatic hydroxyl groups is 1. The fraction of sp³-hybridized carbons (Fsp3) is 0.583. The Morgan fingerprint density at radius 3 is 2.42 bits per heavy atom. The molecule has 4 rings (SSSR count). The number of benzene rings is 1. The van der Waals surface area contributed by atoms with Gasteiger partial charge in [-0.05, 0) is 17.7 Å². The Bertz CT molecular complexity index is 988. The van der Waals surface area contributed by atoms with Gasteiger partial charge in [-0.3, -0.25) is 19.5 Å². The normalized spacial score (nSPS) is 19.3. The van der Waals surface area contributed by atoms with Gasteiger partial charge >= 0.3 is 6.18 Å². The number of piperazine rings is 1. The van der Waals surface area contributed by atoms with Gasteiger partial charge in [-0.1, -0.05) is 12.1 Å². The van der Waals surface area contributed by atoms with Gasteiger partial charge in [0, 0.05) is 58.9 Å². The number of aromatic nitrogens is 1. The molecule has 0 spiro atoms. The van der Waals surface area contributed by atoms with Crippen molar-refractivity contribution in [2.75, 3.05) is 65.6 Å². The number of carbonyl (C=O) groups is 1. The monoisotopic (exact) mass is 511 g/mol. The smallest absolute Gasteiger partial charge is 0.416 e. The van der Waals surface area contributed by atoms with Crippen molar-refractivity contribution in [3.05, 3.63) is 53.2 Å². The van der Waals surface area contributed by atoms with Crippen molar-refractivity contribution in [2.45, 2.75) is 25.4 Å². The average molecular weight is 512 g/mol. The van der Waals surface area contributed by atoms with Gasteiger partial charge < -0.3 is 19.6 Å². The number of nitrogens with zero attached hydrogens (tertiary/aromatic N) is 4. The standard InChI is InChI=1S/C24H32F3N5O4/c25-24(26,27)19-3-1-2-18(12-19)13-28-23(34)21-17-36-22(29-21)16-31-6-4-30(5-7-31)14-20(33)15-32-8-10-35-11-9-32/h1-3,12,17,20,33H,4-11,13-16H2,(H,28,34)/t20-/m1/s1. The molecule has 1 aromatic heterocycles. The molecule has 0 bridgehead atoms. The van der Waals surface area contributed by atoms with Crippen molar-refractivity contribution < 1.29 is 32.2 Å². The van der Waals surface area contributed by atoms with Gasteiger partial charge in [0.05, 0.1) is 31.4 Å². The van der Waals surface area contributed by atoms with Crippen LogP contribution in [0.4, 0.5) is 13.2 Å². The van der Waals surface area contributed by atoms with Gasteiger partial charge in [-0.2, -0.15) is 13.2 Å². The SMILES string of the molecule is O=C(NCc1cccc(C(F)(F)F)c1)c1coc(CN2CCN(C[C@@H](O)CN3CCOCC3)CC2)n1. The van der Waals surface area contributed by atoms with Crippen LogP contribution in [0.1, 0.15) is 27.5 Å². The van der Waals surface area contributed by atoms with Crippen LogP contribution in [0.2, 0.25) is 0 Å². The molecule has 2 N–H and O–H groups in total. The lowest BCUT2D eigenvalue weighted by molar-refractivity contribution is -0.137. The quantitative estimate of drug-likeness (QED) is 0.523. The summed E-state index contributed by atoms with van der Waals surface area (Å²) in [5.41, 5.74) is -0.332. The molecule has 36 heavy (non-hydrogen) atoms. The number of hydrogen-bond donors (Lipinski definition) is 2. The van der Waals surface area contributed by atoms with Gasteiger partial charge in [0.2, 0.25) is 5.89 Å². The Balaban J connectivity index is 1.18. The van der Waals surface area contributed by atoms with E-state index >= 15 is 0 Å². The van der Waals surface area contributed by atoms with Crippen LogP contribution in [-0.2, 0) is 24.0 Å². The van der Waals surface area contributed by atoms with E-state index in [2.05, 4.69) is 25.0 Å². The van der Waals surface area contributed by atoms with E-state index in [1.165, 1.54) is 18.4 Å². The number of nitrogens with one attached hydrogen (secondary N) is 1. The van der Waals surface area contributed by atoms with Gasteiger partial charge in [0.15, 0.2) is 5.69 Å². The highest BCUT2D eigenvalue weighted by Gasteiger charge is 2.30. The van der Waals surface area contributed by atoms with Gasteiger partial charge in [0.25, 0.3) is 5.91 Å². The molecule has 12 heteroatoms. The third kappa shape index (κ3) is 7.74. The summed E-state index contributed by atoms with van der Waals surface area (Å²) in [7, 11) is 0. The maximum absolute atomic E-state index is 12.9. The van der Waals surface area contributed by atoms with E-state index in [-0.39, 0.29) is 12.2 Å². The van der Waals surface area contributed by atoms with Crippen LogP contribution in [-0.4, -0.2) is 102 Å². The number of carbonyl (C=O) groups excluding carboxylic acids is 1. The zero-order valence-corrected chi connectivity index (χ0v) is 20.0. The molecule has 1 amide bonds. The largest absolute Gasteiger partial charge is 0.447 e. The minimum atomic E-state index is -4.44. The van der Waals surface area contributed by atoms with Gasteiger partial charge in [-0.15, -0.1) is 0 Å². The maximum Gasteiger partial charge on any atom is 0.416 e. The molecular weight excluding hydrogens is 479 g/mol. The van der Waals surface area contributed by atoms with Crippen LogP contribution in [0.15, 0.2) is 34.9 Å². The number of aliphatic hydroxyl groups excluding tert-OH is 1. The first kappa shape index (κ1) is 26.6. The van der Waals surface area contributed by atoms with Crippen LogP contribution < -0.4 is 5.32 Å². The number of rotatable bonds is 9. The lowest BCUT2D eigenvalue weighted by atomic mass is 10.1. The number of morpholine rings is 1. The lowest BCUT2D eigenvalue weighted by Gasteiger charge is -2.36. The van der Waals surface area contributed by atoms with Crippen molar-refractivity contribution in [3.63, 3.8) is 0 Å². The molecule has 2 fully saturated rings. The Labute approximate surface area is 207 Å². The number of β-amino-alcohol motifs (C(OH)–C–C–N with tert-alkyl or cyclic N) is 1. The van der Waals surface area contributed by atoms with E-state index in [0.717, 1.165) is 51.4 Å². The molecule has 0 aliphatic carbocycles. The minimum Gasteiger partial charge on any atom is -0.447 e. The molecule has 2 aromatic rings. The zero-order valence-electron chi connectivity index (χ0n) is 20.0. The van der Waals surface area contributed by atoms with Crippen LogP contribution in [0.5, 0.6) is 0 Å². The summed E-state index contributed by atoms with van der Waals surface area (Å²) >= 11 is 0. The molecule has 9 nitrogen and oxygen atoms in total. The molecule has 0 saturated carbocycles. The van der Waals surface area contributed by atoms with Crippen molar-refractivity contribution in [2.24, 2.45) is 0 Å². The highest BCUT2D eigenvalue weighted by atomic mass is 19.4. The first-order valence-corrected chi connectivity index (χ1v) is 12.1. The van der Waals surface area contributed by atoms with E-state index in [1.54, 1.807) is 0 Å². The highest BCUT2D eigenvalue weighted by molar-refractivity contribution is 5.91. The zero-order chi connectivity index (χ0) is 25.5. The average Bonchev–Trinajstić information content (AvgIpc) is 3.32. The van der Waals surface area contributed by atoms with Crippen molar-refractivity contribution in [1.29, 1.82) is 0 Å². The number of oxazole rings is 1. The molecule has 0 radical (unpaired) electrons. The third-order valence-corrected chi connectivity index (χ3v) is 6.36. The van der Waals surface area contributed by atoms with Crippen LogP contribution >= 0.6 is 0 Å². The molecule has 3 heterocycles. The molecular formula is C24H32F3N5O4. The fourth-order valence-electron chi connectivity index (χ4n) is 4.38. The Morgan fingerprint density at radius 2 is 1.72 bits per heavy atom. The highest BCUT2D eigenvalue weighted by Crippen LogP contribution is 2.29. The maximum atomic E-state index is 12.9. The molecule has 198 valence electrons. The number of amides is 1. The second kappa shape index (κ2) is 12.2. The fourth-order valence-corrected chi connectivity index (χ4v) is 4.38. The number of halogens is 3. The third-order valence-electron chi connectivity index (χ3n) is 6.36. The van der Waals surface area contributed by atoms with Crippen LogP contribution in [0.3, 0.4) is 0 Å². The van der Waals surface area contributed by atoms with Crippen molar-refractivity contribution in [1.82, 2.24) is 25.0 Å². The minimum absolute atomic E-state index is 0.0513. The summed E-state index contributed by atoms with van der Waals surface area (Å²) in [5, 5.41) is 13.0. The van der Waals surface area contributed by atoms with Crippen molar-refractivity contribution >= 4 is 5.91 Å². The van der Waals surface area contributed by atoms with Crippen molar-refractivity contribution in [3.8, 4) is 0 Å². The summed E-state index contributed by atoms with van der Waals surface area (Å²) in [6.07, 6.45) is -3.58. The van der Waals surface area contributed by atoms with E-state index in [9.17, 15) is 23.1 Å². The molecule has 1 atom stereocenters. The summed E-state index contributed by atoms with van der Waals surface area (Å²) in [4.78, 5) is 23.2. The second-order valence-corrected chi connectivity index (χ2v) is 9.15. The molecule has 2 saturated heterocycles. The predicted molar refractivity (Wildman–Crippen MR) is 124 cm³/mol. The molecule has 2 aliphatic heterocycles. The number of alkyl halides is 3. The summed E-state index contributed by atoms with van der Waals surface area (Å²) < 4.78 is 49.4. The summed E-state index contributed by atoms with van der Waals surface area (Å²) in [6, 6.07) is 4.83. The topological polar surface area (TPSA) is 94.3 Å². The van der Waals surface area contributed by atoms with E-state index in [4.69, 9.17) is 9.15 Å².